The number of rotatable bonds is 3. The molecule has 0 radical (unpaired) electrons. The van der Waals surface area contributed by atoms with Gasteiger partial charge >= 0.3 is 0 Å². The highest BCUT2D eigenvalue weighted by molar-refractivity contribution is 5.27. The van der Waals surface area contributed by atoms with Gasteiger partial charge in [0.15, 0.2) is 6.29 Å². The zero-order valence-corrected chi connectivity index (χ0v) is 9.17. The van der Waals surface area contributed by atoms with Crippen LogP contribution in [0.15, 0.2) is 24.3 Å². The van der Waals surface area contributed by atoms with E-state index in [0.29, 0.717) is 0 Å². The molecule has 0 aromatic heterocycles. The van der Waals surface area contributed by atoms with Gasteiger partial charge in [0, 0.05) is 5.56 Å². The monoisotopic (exact) mass is 224 g/mol. The summed E-state index contributed by atoms with van der Waals surface area (Å²) in [5.41, 5.74) is 2.01. The lowest BCUT2D eigenvalue weighted by Gasteiger charge is -2.12. The molecule has 2 N–H and O–H groups in total. The van der Waals surface area contributed by atoms with Crippen LogP contribution in [0.2, 0.25) is 0 Å². The summed E-state index contributed by atoms with van der Waals surface area (Å²) in [5, 5.41) is 18.2. The second-order valence-electron chi connectivity index (χ2n) is 3.90. The van der Waals surface area contributed by atoms with E-state index in [9.17, 15) is 0 Å². The summed E-state index contributed by atoms with van der Waals surface area (Å²) in [6, 6.07) is 7.76. The Labute approximate surface area is 94.4 Å². The summed E-state index contributed by atoms with van der Waals surface area (Å²) in [6.45, 7) is 1.68. The third kappa shape index (κ3) is 2.10. The van der Waals surface area contributed by atoms with Crippen LogP contribution >= 0.6 is 0 Å². The molecule has 1 heterocycles. The van der Waals surface area contributed by atoms with E-state index in [1.807, 2.05) is 31.2 Å². The molecule has 1 fully saturated rings. The van der Waals surface area contributed by atoms with E-state index in [0.717, 1.165) is 11.1 Å². The first kappa shape index (κ1) is 11.5. The molecule has 0 amide bonds. The minimum absolute atomic E-state index is 0.145. The fourth-order valence-corrected chi connectivity index (χ4v) is 1.84. The minimum Gasteiger partial charge on any atom is -0.394 e. The Morgan fingerprint density at radius 2 is 1.62 bits per heavy atom. The Balaban J connectivity index is 2.16. The van der Waals surface area contributed by atoms with Gasteiger partial charge in [-0.3, -0.25) is 0 Å². The van der Waals surface area contributed by atoms with Gasteiger partial charge in [-0.25, -0.2) is 0 Å². The third-order valence-corrected chi connectivity index (χ3v) is 2.81. The van der Waals surface area contributed by atoms with Gasteiger partial charge in [0.25, 0.3) is 0 Å². The topological polar surface area (TPSA) is 58.9 Å². The largest absolute Gasteiger partial charge is 0.394 e. The van der Waals surface area contributed by atoms with Crippen molar-refractivity contribution in [2.45, 2.75) is 25.4 Å². The van der Waals surface area contributed by atoms with E-state index in [4.69, 9.17) is 19.7 Å². The molecule has 1 aliphatic rings. The van der Waals surface area contributed by atoms with Gasteiger partial charge in [-0.15, -0.1) is 0 Å². The average Bonchev–Trinajstić information content (AvgIpc) is 2.72. The lowest BCUT2D eigenvalue weighted by Crippen LogP contribution is -2.29. The molecule has 1 aromatic rings. The highest BCUT2D eigenvalue weighted by Gasteiger charge is 2.36. The number of aliphatic hydroxyl groups excluding tert-OH is 2. The predicted octanol–water partition coefficient (Wildman–Crippen LogP) is 0.762. The normalized spacial score (nSPS) is 29.6. The lowest BCUT2D eigenvalue weighted by molar-refractivity contribution is -0.0774. The molecule has 0 spiro atoms. The molecule has 2 unspecified atom stereocenters. The summed E-state index contributed by atoms with van der Waals surface area (Å²) in [7, 11) is 0. The molecule has 1 aliphatic heterocycles. The van der Waals surface area contributed by atoms with Crippen LogP contribution in [-0.4, -0.2) is 35.6 Å². The average molecular weight is 224 g/mol. The van der Waals surface area contributed by atoms with Gasteiger partial charge in [-0.1, -0.05) is 24.3 Å². The van der Waals surface area contributed by atoms with Crippen molar-refractivity contribution >= 4 is 0 Å². The number of benzene rings is 1. The smallest absolute Gasteiger partial charge is 0.185 e. The van der Waals surface area contributed by atoms with Crippen LogP contribution in [0.5, 0.6) is 0 Å². The second kappa shape index (κ2) is 4.93. The van der Waals surface area contributed by atoms with Crippen LogP contribution in [0.1, 0.15) is 17.4 Å². The zero-order valence-electron chi connectivity index (χ0n) is 9.17. The van der Waals surface area contributed by atoms with Crippen LogP contribution in [0.4, 0.5) is 0 Å². The number of hydrogen-bond donors (Lipinski definition) is 2. The van der Waals surface area contributed by atoms with Crippen molar-refractivity contribution in [2.75, 3.05) is 13.2 Å². The molecule has 2 atom stereocenters. The van der Waals surface area contributed by atoms with Crippen molar-refractivity contribution in [3.63, 3.8) is 0 Å². The number of aliphatic hydroxyl groups is 2. The summed E-state index contributed by atoms with van der Waals surface area (Å²) >= 11 is 0. The Kier molecular flexibility index (Phi) is 3.56. The lowest BCUT2D eigenvalue weighted by atomic mass is 10.1. The maximum Gasteiger partial charge on any atom is 0.185 e. The predicted molar refractivity (Wildman–Crippen MR) is 57.8 cm³/mol. The Hall–Kier alpha value is -0.940. The summed E-state index contributed by atoms with van der Waals surface area (Å²) in [5.74, 6) is 0. The highest BCUT2D eigenvalue weighted by atomic mass is 16.7. The van der Waals surface area contributed by atoms with Crippen molar-refractivity contribution in [1.29, 1.82) is 0 Å². The van der Waals surface area contributed by atoms with Gasteiger partial charge in [-0.05, 0) is 12.5 Å². The minimum atomic E-state index is -0.490. The van der Waals surface area contributed by atoms with Crippen LogP contribution < -0.4 is 0 Å². The molecular formula is C12H16O4. The van der Waals surface area contributed by atoms with Gasteiger partial charge in [-0.2, -0.15) is 0 Å². The fourth-order valence-electron chi connectivity index (χ4n) is 1.84. The van der Waals surface area contributed by atoms with E-state index in [1.165, 1.54) is 0 Å². The first-order valence-electron chi connectivity index (χ1n) is 5.34. The molecule has 1 saturated heterocycles. The van der Waals surface area contributed by atoms with E-state index in [2.05, 4.69) is 0 Å². The SMILES string of the molecule is Cc1ccccc1C1OC(CO)C(CO)O1. The summed E-state index contributed by atoms with van der Waals surface area (Å²) < 4.78 is 11.1. The molecule has 1 aromatic carbocycles. The Morgan fingerprint density at radius 1 is 1.06 bits per heavy atom. The molecule has 0 saturated carbocycles. The molecule has 0 aliphatic carbocycles. The van der Waals surface area contributed by atoms with Gasteiger partial charge in [0.1, 0.15) is 12.2 Å². The Bertz CT molecular complexity index is 341. The van der Waals surface area contributed by atoms with Gasteiger partial charge < -0.3 is 19.7 Å². The maximum absolute atomic E-state index is 9.09. The third-order valence-electron chi connectivity index (χ3n) is 2.81. The highest BCUT2D eigenvalue weighted by Crippen LogP contribution is 2.32. The second-order valence-corrected chi connectivity index (χ2v) is 3.90. The molecule has 4 heteroatoms. The van der Waals surface area contributed by atoms with Crippen LogP contribution in [0.25, 0.3) is 0 Å². The number of hydrogen-bond acceptors (Lipinski definition) is 4. The zero-order chi connectivity index (χ0) is 11.5. The summed E-state index contributed by atoms with van der Waals surface area (Å²) in [4.78, 5) is 0. The van der Waals surface area contributed by atoms with Crippen molar-refractivity contribution < 1.29 is 19.7 Å². The standard InChI is InChI=1S/C12H16O4/c1-8-4-2-3-5-9(8)12-15-10(6-13)11(7-14)16-12/h2-5,10-14H,6-7H2,1H3. The quantitative estimate of drug-likeness (QED) is 0.796. The van der Waals surface area contributed by atoms with Gasteiger partial charge in [0.05, 0.1) is 13.2 Å². The van der Waals surface area contributed by atoms with E-state index >= 15 is 0 Å². The van der Waals surface area contributed by atoms with Crippen molar-refractivity contribution in [3.8, 4) is 0 Å². The molecule has 88 valence electrons. The van der Waals surface area contributed by atoms with Crippen LogP contribution in [0, 0.1) is 6.92 Å². The van der Waals surface area contributed by atoms with Crippen molar-refractivity contribution in [2.24, 2.45) is 0 Å². The number of ether oxygens (including phenoxy) is 2. The Morgan fingerprint density at radius 3 is 2.12 bits per heavy atom. The molecule has 2 rings (SSSR count). The van der Waals surface area contributed by atoms with Crippen LogP contribution in [0.3, 0.4) is 0 Å². The molecular weight excluding hydrogens is 208 g/mol. The van der Waals surface area contributed by atoms with Crippen molar-refractivity contribution in [3.05, 3.63) is 35.4 Å². The first-order chi connectivity index (χ1) is 7.76. The maximum atomic E-state index is 9.09. The first-order valence-corrected chi connectivity index (χ1v) is 5.34. The van der Waals surface area contributed by atoms with E-state index in [-0.39, 0.29) is 13.2 Å². The van der Waals surface area contributed by atoms with E-state index in [1.54, 1.807) is 0 Å². The molecule has 4 nitrogen and oxygen atoms in total. The summed E-state index contributed by atoms with van der Waals surface area (Å²) in [6.07, 6.45) is -1.39. The molecule has 16 heavy (non-hydrogen) atoms. The van der Waals surface area contributed by atoms with Crippen molar-refractivity contribution in [1.82, 2.24) is 0 Å². The van der Waals surface area contributed by atoms with E-state index < -0.39 is 18.5 Å². The van der Waals surface area contributed by atoms with Crippen LogP contribution in [-0.2, 0) is 9.47 Å². The van der Waals surface area contributed by atoms with Gasteiger partial charge in [0.2, 0.25) is 0 Å². The molecule has 0 bridgehead atoms. The fraction of sp³-hybridized carbons (Fsp3) is 0.500. The number of aryl methyl sites for hydroxylation is 1.